The molecule has 0 aliphatic carbocycles. The minimum Gasteiger partial charge on any atom is -0.495 e. The molecule has 0 radical (unpaired) electrons. The summed E-state index contributed by atoms with van der Waals surface area (Å²) in [6, 6.07) is 10.8. The third-order valence-electron chi connectivity index (χ3n) is 3.64. The van der Waals surface area contributed by atoms with Gasteiger partial charge in [-0.05, 0) is 24.3 Å². The van der Waals surface area contributed by atoms with Crippen LogP contribution in [0.5, 0.6) is 23.0 Å². The Morgan fingerprint density at radius 1 is 0.963 bits per heavy atom. The van der Waals surface area contributed by atoms with E-state index in [-0.39, 0.29) is 12.5 Å². The molecule has 2 N–H and O–H groups in total. The molecule has 27 heavy (non-hydrogen) atoms. The van der Waals surface area contributed by atoms with E-state index in [0.717, 1.165) is 5.69 Å². The number of carbonyl (C=O) groups excluding carboxylic acids is 1. The van der Waals surface area contributed by atoms with Gasteiger partial charge >= 0.3 is 0 Å². The molecule has 2 aromatic carbocycles. The topological polar surface area (TPSA) is 90.4 Å². The minimum absolute atomic E-state index is 0.0486. The fourth-order valence-electron chi connectivity index (χ4n) is 2.36. The van der Waals surface area contributed by atoms with Crippen molar-refractivity contribution in [2.45, 2.75) is 0 Å². The molecule has 0 bridgehead atoms. The molecular formula is C19H23N3O5. The van der Waals surface area contributed by atoms with Crippen LogP contribution >= 0.6 is 0 Å². The lowest BCUT2D eigenvalue weighted by atomic mass is 10.2. The van der Waals surface area contributed by atoms with Crippen LogP contribution in [0.3, 0.4) is 0 Å². The summed E-state index contributed by atoms with van der Waals surface area (Å²) in [5.41, 5.74) is 3.87. The second kappa shape index (κ2) is 9.91. The van der Waals surface area contributed by atoms with Gasteiger partial charge in [-0.25, -0.2) is 5.43 Å². The Morgan fingerprint density at radius 2 is 1.59 bits per heavy atom. The van der Waals surface area contributed by atoms with Gasteiger partial charge in [0, 0.05) is 5.56 Å². The molecule has 0 spiro atoms. The lowest BCUT2D eigenvalue weighted by molar-refractivity contribution is -0.119. The van der Waals surface area contributed by atoms with E-state index in [1.807, 2.05) is 24.3 Å². The zero-order chi connectivity index (χ0) is 19.6. The SMILES string of the molecule is COc1ccccc1NCC(=O)N/N=C\c1cc(OC)c(OC)c(OC)c1. The highest BCUT2D eigenvalue weighted by Crippen LogP contribution is 2.37. The van der Waals surface area contributed by atoms with Crippen molar-refractivity contribution in [3.8, 4) is 23.0 Å². The fourth-order valence-corrected chi connectivity index (χ4v) is 2.36. The lowest BCUT2D eigenvalue weighted by Crippen LogP contribution is -2.26. The van der Waals surface area contributed by atoms with Gasteiger partial charge in [-0.1, -0.05) is 12.1 Å². The van der Waals surface area contributed by atoms with Crippen LogP contribution in [0.4, 0.5) is 5.69 Å². The number of benzene rings is 2. The molecule has 0 aliphatic heterocycles. The first kappa shape index (κ1) is 19.9. The Morgan fingerprint density at radius 3 is 2.19 bits per heavy atom. The molecule has 0 saturated heterocycles. The number of carbonyl (C=O) groups is 1. The first-order valence-corrected chi connectivity index (χ1v) is 8.11. The molecule has 0 fully saturated rings. The van der Waals surface area contributed by atoms with E-state index in [1.165, 1.54) is 27.5 Å². The van der Waals surface area contributed by atoms with Crippen molar-refractivity contribution in [1.29, 1.82) is 0 Å². The van der Waals surface area contributed by atoms with Crippen molar-refractivity contribution in [3.63, 3.8) is 0 Å². The van der Waals surface area contributed by atoms with Gasteiger partial charge in [-0.3, -0.25) is 4.79 Å². The summed E-state index contributed by atoms with van der Waals surface area (Å²) in [5, 5.41) is 6.95. The number of hydrogen-bond acceptors (Lipinski definition) is 7. The zero-order valence-electron chi connectivity index (χ0n) is 15.7. The number of hydrogen-bond donors (Lipinski definition) is 2. The number of nitrogens with one attached hydrogen (secondary N) is 2. The van der Waals surface area contributed by atoms with Crippen LogP contribution in [0.25, 0.3) is 0 Å². The molecule has 0 unspecified atom stereocenters. The quantitative estimate of drug-likeness (QED) is 0.518. The summed E-state index contributed by atoms with van der Waals surface area (Å²) >= 11 is 0. The Hall–Kier alpha value is -3.42. The third-order valence-corrected chi connectivity index (χ3v) is 3.64. The summed E-state index contributed by atoms with van der Waals surface area (Å²) in [4.78, 5) is 12.0. The van der Waals surface area contributed by atoms with Crippen LogP contribution in [0, 0.1) is 0 Å². The monoisotopic (exact) mass is 373 g/mol. The lowest BCUT2D eigenvalue weighted by Gasteiger charge is -2.12. The van der Waals surface area contributed by atoms with Crippen LogP contribution in [-0.4, -0.2) is 47.1 Å². The van der Waals surface area contributed by atoms with E-state index < -0.39 is 0 Å². The van der Waals surface area contributed by atoms with E-state index in [1.54, 1.807) is 19.2 Å². The molecule has 0 aromatic heterocycles. The first-order valence-electron chi connectivity index (χ1n) is 8.11. The van der Waals surface area contributed by atoms with Gasteiger partial charge in [0.25, 0.3) is 5.91 Å². The summed E-state index contributed by atoms with van der Waals surface area (Å²) in [7, 11) is 6.17. The van der Waals surface area contributed by atoms with Crippen molar-refractivity contribution >= 4 is 17.8 Å². The molecule has 144 valence electrons. The predicted molar refractivity (Wildman–Crippen MR) is 103 cm³/mol. The number of nitrogens with zero attached hydrogens (tertiary/aromatic N) is 1. The molecule has 2 rings (SSSR count). The highest BCUT2D eigenvalue weighted by atomic mass is 16.5. The highest BCUT2D eigenvalue weighted by molar-refractivity contribution is 5.85. The average molecular weight is 373 g/mol. The summed E-state index contributed by atoms with van der Waals surface area (Å²) in [5.74, 6) is 1.85. The van der Waals surface area contributed by atoms with Crippen molar-refractivity contribution in [2.75, 3.05) is 40.3 Å². The van der Waals surface area contributed by atoms with E-state index >= 15 is 0 Å². The van der Waals surface area contributed by atoms with Crippen molar-refractivity contribution in [3.05, 3.63) is 42.0 Å². The maximum atomic E-state index is 12.0. The predicted octanol–water partition coefficient (Wildman–Crippen LogP) is 2.28. The maximum absolute atomic E-state index is 12.0. The largest absolute Gasteiger partial charge is 0.495 e. The molecule has 0 heterocycles. The minimum atomic E-state index is -0.301. The molecule has 0 saturated carbocycles. The first-order chi connectivity index (χ1) is 13.1. The number of amides is 1. The van der Waals surface area contributed by atoms with Crippen molar-refractivity contribution < 1.29 is 23.7 Å². The van der Waals surface area contributed by atoms with Crippen LogP contribution in [0.15, 0.2) is 41.5 Å². The molecule has 0 aliphatic rings. The number of hydrazone groups is 1. The Kier molecular flexibility index (Phi) is 7.30. The average Bonchev–Trinajstić information content (AvgIpc) is 2.71. The van der Waals surface area contributed by atoms with Crippen LogP contribution in [0.2, 0.25) is 0 Å². The Labute approximate surface area is 158 Å². The smallest absolute Gasteiger partial charge is 0.259 e. The van der Waals surface area contributed by atoms with Crippen LogP contribution in [-0.2, 0) is 4.79 Å². The normalized spacial score (nSPS) is 10.4. The standard InChI is InChI=1S/C19H23N3O5/c1-24-15-8-6-5-7-14(15)20-12-18(23)22-21-11-13-9-16(25-2)19(27-4)17(10-13)26-3/h5-11,20H,12H2,1-4H3,(H,22,23)/b21-11-. The number of anilines is 1. The number of ether oxygens (including phenoxy) is 4. The molecule has 8 heteroatoms. The number of para-hydroxylation sites is 2. The summed E-state index contributed by atoms with van der Waals surface area (Å²) in [6.07, 6.45) is 1.49. The van der Waals surface area contributed by atoms with Gasteiger partial charge in [0.2, 0.25) is 5.75 Å². The second-order valence-corrected chi connectivity index (χ2v) is 5.31. The molecular weight excluding hydrogens is 350 g/mol. The van der Waals surface area contributed by atoms with Crippen molar-refractivity contribution in [2.24, 2.45) is 5.10 Å². The van der Waals surface area contributed by atoms with Crippen LogP contribution in [0.1, 0.15) is 5.56 Å². The van der Waals surface area contributed by atoms with Gasteiger partial charge in [0.05, 0.1) is 46.9 Å². The van der Waals surface area contributed by atoms with Gasteiger partial charge in [-0.15, -0.1) is 0 Å². The van der Waals surface area contributed by atoms with Crippen LogP contribution < -0.4 is 29.7 Å². The number of rotatable bonds is 9. The maximum Gasteiger partial charge on any atom is 0.259 e. The van der Waals surface area contributed by atoms with Gasteiger partial charge in [0.15, 0.2) is 11.5 Å². The van der Waals surface area contributed by atoms with E-state index in [0.29, 0.717) is 28.6 Å². The third kappa shape index (κ3) is 5.27. The summed E-state index contributed by atoms with van der Waals surface area (Å²) in [6.45, 7) is 0.0486. The van der Waals surface area contributed by atoms with E-state index in [4.69, 9.17) is 18.9 Å². The van der Waals surface area contributed by atoms with E-state index in [9.17, 15) is 4.79 Å². The second-order valence-electron chi connectivity index (χ2n) is 5.31. The molecule has 2 aromatic rings. The summed E-state index contributed by atoms with van der Waals surface area (Å²) < 4.78 is 21.0. The van der Waals surface area contributed by atoms with Gasteiger partial charge < -0.3 is 24.3 Å². The number of methoxy groups -OCH3 is 4. The van der Waals surface area contributed by atoms with Crippen molar-refractivity contribution in [1.82, 2.24) is 5.43 Å². The van der Waals surface area contributed by atoms with Gasteiger partial charge in [-0.2, -0.15) is 5.10 Å². The van der Waals surface area contributed by atoms with Gasteiger partial charge in [0.1, 0.15) is 5.75 Å². The van der Waals surface area contributed by atoms with E-state index in [2.05, 4.69) is 15.8 Å². The zero-order valence-corrected chi connectivity index (χ0v) is 15.7. The highest BCUT2D eigenvalue weighted by Gasteiger charge is 2.12. The molecule has 0 atom stereocenters. The molecule has 1 amide bonds. The Bertz CT molecular complexity index is 783. The Balaban J connectivity index is 1.97. The molecule has 8 nitrogen and oxygen atoms in total. The fraction of sp³-hybridized carbons (Fsp3) is 0.263.